The van der Waals surface area contributed by atoms with Gasteiger partial charge in [0, 0.05) is 17.8 Å². The van der Waals surface area contributed by atoms with Gasteiger partial charge in [0.2, 0.25) is 5.43 Å². The second kappa shape index (κ2) is 19.0. The monoisotopic (exact) mass is 591 g/mol. The maximum absolute atomic E-state index is 13.5. The van der Waals surface area contributed by atoms with Gasteiger partial charge in [0.05, 0.1) is 45.0 Å². The van der Waals surface area contributed by atoms with Crippen molar-refractivity contribution in [3.05, 3.63) is 52.7 Å². The Morgan fingerprint density at radius 1 is 0.651 bits per heavy atom. The second-order valence-electron chi connectivity index (χ2n) is 11.3. The van der Waals surface area contributed by atoms with Gasteiger partial charge in [-0.2, -0.15) is 0 Å². The molecule has 1 heterocycles. The molecule has 0 atom stereocenters. The van der Waals surface area contributed by atoms with Gasteiger partial charge in [-0.3, -0.25) is 4.79 Å². The fourth-order valence-corrected chi connectivity index (χ4v) is 5.72. The maximum Gasteiger partial charge on any atom is 0.231 e. The summed E-state index contributed by atoms with van der Waals surface area (Å²) < 4.78 is 24.3. The molecule has 2 aromatic carbocycles. The average Bonchev–Trinajstić information content (AvgIpc) is 3.04. The number of hydrogen-bond donors (Lipinski definition) is 0. The highest BCUT2D eigenvalue weighted by Gasteiger charge is 2.20. The zero-order chi connectivity index (χ0) is 30.9. The number of hydrogen-bond acceptors (Lipinski definition) is 5. The van der Waals surface area contributed by atoms with Crippen molar-refractivity contribution in [2.45, 2.75) is 103 Å². The molecule has 6 heteroatoms. The molecular formula is C37H53NO5. The Morgan fingerprint density at radius 2 is 1.26 bits per heavy atom. The maximum atomic E-state index is 13.5. The number of unbranched alkanes of at least 4 members (excludes halogenated alkanes) is 14. The largest absolute Gasteiger partial charge is 0.497 e. The first-order chi connectivity index (χ1) is 21.1. The predicted molar refractivity (Wildman–Crippen MR) is 180 cm³/mol. The number of rotatable bonds is 21. The normalized spacial score (nSPS) is 11.4. The van der Waals surface area contributed by atoms with Crippen LogP contribution in [-0.4, -0.2) is 33.0 Å². The van der Waals surface area contributed by atoms with Crippen LogP contribution >= 0.6 is 0 Å². The van der Waals surface area contributed by atoms with Crippen LogP contribution < -0.4 is 24.4 Å². The van der Waals surface area contributed by atoms with E-state index in [4.69, 9.17) is 18.9 Å². The smallest absolute Gasteiger partial charge is 0.231 e. The minimum Gasteiger partial charge on any atom is -0.497 e. The molecular weight excluding hydrogens is 538 g/mol. The molecule has 0 fully saturated rings. The molecule has 0 bridgehead atoms. The Kier molecular flexibility index (Phi) is 15.1. The number of aromatic nitrogens is 1. The Bertz CT molecular complexity index is 1340. The van der Waals surface area contributed by atoms with E-state index in [9.17, 15) is 4.79 Å². The molecule has 236 valence electrons. The predicted octanol–water partition coefficient (Wildman–Crippen LogP) is 10.0. The zero-order valence-corrected chi connectivity index (χ0v) is 27.2. The Hall–Kier alpha value is -3.41. The molecule has 0 aliphatic heterocycles. The van der Waals surface area contributed by atoms with E-state index in [1.807, 2.05) is 34.9 Å². The first-order valence-electron chi connectivity index (χ1n) is 16.3. The van der Waals surface area contributed by atoms with E-state index in [-0.39, 0.29) is 11.2 Å². The fraction of sp³-hybridized carbons (Fsp3) is 0.541. The lowest BCUT2D eigenvalue weighted by Gasteiger charge is -2.19. The van der Waals surface area contributed by atoms with Crippen molar-refractivity contribution in [3.8, 4) is 34.3 Å². The van der Waals surface area contributed by atoms with Gasteiger partial charge in [0.1, 0.15) is 5.75 Å². The molecule has 0 N–H and O–H groups in total. The van der Waals surface area contributed by atoms with Gasteiger partial charge in [-0.15, -0.1) is 0 Å². The highest BCUT2D eigenvalue weighted by Crippen LogP contribution is 2.37. The Labute approximate surface area is 259 Å². The molecule has 1 aromatic heterocycles. The number of fused-ring (bicyclic) bond motifs is 1. The third-order valence-corrected chi connectivity index (χ3v) is 8.21. The highest BCUT2D eigenvalue weighted by molar-refractivity contribution is 5.89. The van der Waals surface area contributed by atoms with E-state index in [0.717, 1.165) is 23.9 Å². The minimum absolute atomic E-state index is 0.165. The van der Waals surface area contributed by atoms with Crippen molar-refractivity contribution in [2.75, 3.05) is 28.4 Å². The molecule has 43 heavy (non-hydrogen) atoms. The molecule has 0 aliphatic rings. The summed E-state index contributed by atoms with van der Waals surface area (Å²) in [6.07, 6.45) is 24.1. The Balaban J connectivity index is 1.66. The van der Waals surface area contributed by atoms with Gasteiger partial charge in [0.15, 0.2) is 17.2 Å². The summed E-state index contributed by atoms with van der Waals surface area (Å²) in [6.45, 7) is 2.28. The number of methoxy groups -OCH3 is 4. The molecule has 6 nitrogen and oxygen atoms in total. The summed E-state index contributed by atoms with van der Waals surface area (Å²) in [7, 11) is 6.39. The highest BCUT2D eigenvalue weighted by atomic mass is 16.5. The van der Waals surface area contributed by atoms with Crippen molar-refractivity contribution in [3.63, 3.8) is 0 Å². The van der Waals surface area contributed by atoms with E-state index in [2.05, 4.69) is 19.2 Å². The van der Waals surface area contributed by atoms with Crippen LogP contribution in [0.2, 0.25) is 0 Å². The van der Waals surface area contributed by atoms with Crippen molar-refractivity contribution in [2.24, 2.45) is 0 Å². The van der Waals surface area contributed by atoms with Crippen LogP contribution in [0.5, 0.6) is 23.0 Å². The van der Waals surface area contributed by atoms with Gasteiger partial charge in [-0.1, -0.05) is 96.5 Å². The van der Waals surface area contributed by atoms with E-state index in [1.54, 1.807) is 34.5 Å². The molecule has 0 spiro atoms. The Morgan fingerprint density at radius 3 is 1.81 bits per heavy atom. The third-order valence-electron chi connectivity index (χ3n) is 8.21. The molecule has 3 rings (SSSR count). The van der Waals surface area contributed by atoms with Gasteiger partial charge in [0.25, 0.3) is 0 Å². The second-order valence-corrected chi connectivity index (χ2v) is 11.3. The van der Waals surface area contributed by atoms with Crippen LogP contribution in [0.15, 0.2) is 47.3 Å². The zero-order valence-electron chi connectivity index (χ0n) is 27.2. The average molecular weight is 592 g/mol. The van der Waals surface area contributed by atoms with Crippen molar-refractivity contribution >= 4 is 17.1 Å². The van der Waals surface area contributed by atoms with Gasteiger partial charge in [-0.25, -0.2) is 0 Å². The number of benzene rings is 2. The van der Waals surface area contributed by atoms with Crippen molar-refractivity contribution in [1.82, 2.24) is 4.57 Å². The van der Waals surface area contributed by atoms with Crippen LogP contribution in [0.25, 0.3) is 28.4 Å². The van der Waals surface area contributed by atoms with E-state index in [0.29, 0.717) is 28.3 Å². The summed E-state index contributed by atoms with van der Waals surface area (Å²) in [4.78, 5) is 13.5. The molecule has 3 aromatic rings. The standard InChI is InChI=1S/C37H53NO5/c1-6-7-8-9-10-11-12-13-14-15-16-17-18-19-20-21-26-38-32-28-30(40-2)23-24-31(32)36(39)37(43-5)35(38)29-22-25-33(41-3)34(27-29)42-4/h21-28H,6-20H2,1-5H3. The minimum atomic E-state index is -0.165. The molecule has 0 aliphatic carbocycles. The molecule has 0 radical (unpaired) electrons. The summed E-state index contributed by atoms with van der Waals surface area (Å²) in [6, 6.07) is 11.1. The van der Waals surface area contributed by atoms with Crippen molar-refractivity contribution < 1.29 is 18.9 Å². The summed E-state index contributed by atoms with van der Waals surface area (Å²) in [5.74, 6) is 2.17. The lowest BCUT2D eigenvalue weighted by molar-refractivity contribution is 0.355. The van der Waals surface area contributed by atoms with Crippen LogP contribution in [-0.2, 0) is 0 Å². The van der Waals surface area contributed by atoms with Gasteiger partial charge in [-0.05, 0) is 43.2 Å². The van der Waals surface area contributed by atoms with Crippen LogP contribution in [0.3, 0.4) is 0 Å². The van der Waals surface area contributed by atoms with Crippen LogP contribution in [0, 0.1) is 0 Å². The number of allylic oxidation sites excluding steroid dienone is 1. The summed E-state index contributed by atoms with van der Waals surface area (Å²) in [5.41, 5.74) is 2.04. The molecule has 0 saturated carbocycles. The van der Waals surface area contributed by atoms with E-state index in [1.165, 1.54) is 83.5 Å². The van der Waals surface area contributed by atoms with Crippen LogP contribution in [0.4, 0.5) is 0 Å². The van der Waals surface area contributed by atoms with Gasteiger partial charge >= 0.3 is 0 Å². The lowest BCUT2D eigenvalue weighted by atomic mass is 10.0. The fourth-order valence-electron chi connectivity index (χ4n) is 5.72. The van der Waals surface area contributed by atoms with Gasteiger partial charge < -0.3 is 23.5 Å². The SMILES string of the molecule is CCCCCCCCCCCCCCCCC=Cn1c(-c2ccc(OC)c(OC)c2)c(OC)c(=O)c2ccc(OC)cc21. The topological polar surface area (TPSA) is 58.9 Å². The quantitative estimate of drug-likeness (QED) is 0.115. The van der Waals surface area contributed by atoms with Crippen molar-refractivity contribution in [1.29, 1.82) is 0 Å². The first-order valence-corrected chi connectivity index (χ1v) is 16.3. The van der Waals surface area contributed by atoms with E-state index >= 15 is 0 Å². The van der Waals surface area contributed by atoms with Crippen LogP contribution in [0.1, 0.15) is 103 Å². The summed E-state index contributed by atoms with van der Waals surface area (Å²) in [5, 5.41) is 0.572. The molecule has 0 amide bonds. The summed E-state index contributed by atoms with van der Waals surface area (Å²) >= 11 is 0. The molecule has 0 unspecified atom stereocenters. The number of nitrogens with zero attached hydrogens (tertiary/aromatic N) is 1. The lowest BCUT2D eigenvalue weighted by Crippen LogP contribution is -2.13. The first kappa shape index (κ1) is 34.1. The van der Waals surface area contributed by atoms with E-state index < -0.39 is 0 Å². The third kappa shape index (κ3) is 9.80. The number of ether oxygens (including phenoxy) is 4. The number of pyridine rings is 1. The molecule has 0 saturated heterocycles.